The van der Waals surface area contributed by atoms with Crippen molar-refractivity contribution in [3.8, 4) is 0 Å². The molecule has 0 heterocycles. The molecule has 12 heteroatoms. The van der Waals surface area contributed by atoms with Crippen molar-refractivity contribution in [1.82, 2.24) is 0 Å². The van der Waals surface area contributed by atoms with Gasteiger partial charge >= 0.3 is 11.9 Å². The highest BCUT2D eigenvalue weighted by atomic mass is 16.6. The minimum atomic E-state index is -0.486. The van der Waals surface area contributed by atoms with Crippen molar-refractivity contribution in [2.45, 2.75) is 34.1 Å². The van der Waals surface area contributed by atoms with E-state index in [2.05, 4.69) is 15.5 Å². The third-order valence-corrected chi connectivity index (χ3v) is 4.93. The van der Waals surface area contributed by atoms with Crippen molar-refractivity contribution in [1.29, 1.82) is 0 Å². The summed E-state index contributed by atoms with van der Waals surface area (Å²) in [4.78, 5) is 46.8. The van der Waals surface area contributed by atoms with Crippen molar-refractivity contribution in [3.63, 3.8) is 0 Å². The molecule has 1 N–H and O–H groups in total. The average molecular weight is 500 g/mol. The van der Waals surface area contributed by atoms with Crippen LogP contribution in [-0.2, 0) is 23.9 Å². The molecule has 0 radical (unpaired) electrons. The fourth-order valence-corrected chi connectivity index (χ4v) is 3.09. The molecule has 0 aliphatic heterocycles. The van der Waals surface area contributed by atoms with Gasteiger partial charge in [0.25, 0.3) is 5.69 Å². The van der Waals surface area contributed by atoms with E-state index in [-0.39, 0.29) is 31.2 Å². The van der Waals surface area contributed by atoms with E-state index >= 15 is 0 Å². The number of benzene rings is 2. The predicted molar refractivity (Wildman–Crippen MR) is 133 cm³/mol. The summed E-state index contributed by atoms with van der Waals surface area (Å²) < 4.78 is 10.1. The zero-order valence-electron chi connectivity index (χ0n) is 20.6. The van der Waals surface area contributed by atoms with Crippen LogP contribution in [0.2, 0.25) is 0 Å². The Hall–Kier alpha value is -4.35. The summed E-state index contributed by atoms with van der Waals surface area (Å²) in [6.07, 6.45) is 0.241. The number of carbonyl (C=O) groups is 3. The first kappa shape index (κ1) is 27.9. The van der Waals surface area contributed by atoms with E-state index in [0.717, 1.165) is 0 Å². The second kappa shape index (κ2) is 13.5. The van der Waals surface area contributed by atoms with Crippen LogP contribution in [0.3, 0.4) is 0 Å². The highest BCUT2D eigenvalue weighted by molar-refractivity contribution is 5.94. The van der Waals surface area contributed by atoms with Crippen molar-refractivity contribution in [3.05, 3.63) is 52.1 Å². The van der Waals surface area contributed by atoms with Crippen LogP contribution in [0.5, 0.6) is 0 Å². The summed E-state index contributed by atoms with van der Waals surface area (Å²) in [5.74, 6) is -1.06. The van der Waals surface area contributed by atoms with Crippen LogP contribution in [0.4, 0.5) is 28.4 Å². The molecule has 12 nitrogen and oxygen atoms in total. The summed E-state index contributed by atoms with van der Waals surface area (Å²) in [5, 5.41) is 22.2. The maximum atomic E-state index is 12.2. The SMILES string of the molecule is CCC(=O)Nc1cc(N(CCOC(C)=O)CCOC(C)=O)ccc1N=Nc1ccc([N+](=O)[O-])cc1C. The van der Waals surface area contributed by atoms with Gasteiger partial charge in [-0.05, 0) is 36.8 Å². The molecule has 0 saturated carbocycles. The Morgan fingerprint density at radius 3 is 2.08 bits per heavy atom. The Morgan fingerprint density at radius 1 is 0.972 bits per heavy atom. The molecule has 1 amide bonds. The molecule has 0 aliphatic carbocycles. The Morgan fingerprint density at radius 2 is 1.56 bits per heavy atom. The Balaban J connectivity index is 2.36. The lowest BCUT2D eigenvalue weighted by Crippen LogP contribution is -2.32. The van der Waals surface area contributed by atoms with Crippen LogP contribution in [0.25, 0.3) is 0 Å². The predicted octanol–water partition coefficient (Wildman–Crippen LogP) is 4.60. The number of anilines is 2. The van der Waals surface area contributed by atoms with Gasteiger partial charge in [0.1, 0.15) is 18.9 Å². The Bertz CT molecular complexity index is 1130. The molecular weight excluding hydrogens is 470 g/mol. The first-order valence-electron chi connectivity index (χ1n) is 11.2. The molecule has 0 unspecified atom stereocenters. The zero-order chi connectivity index (χ0) is 26.7. The second-order valence-corrected chi connectivity index (χ2v) is 7.70. The number of rotatable bonds is 12. The molecular formula is C24H29N5O7. The molecule has 2 aromatic carbocycles. The van der Waals surface area contributed by atoms with Gasteiger partial charge in [-0.25, -0.2) is 0 Å². The van der Waals surface area contributed by atoms with Gasteiger partial charge in [-0.2, -0.15) is 5.11 Å². The van der Waals surface area contributed by atoms with Gasteiger partial charge in [-0.15, -0.1) is 5.11 Å². The molecule has 0 bridgehead atoms. The number of ether oxygens (including phenoxy) is 2. The van der Waals surface area contributed by atoms with Gasteiger partial charge in [0.05, 0.1) is 29.4 Å². The Labute approximate surface area is 208 Å². The first-order chi connectivity index (χ1) is 17.1. The number of nitrogens with zero attached hydrogens (tertiary/aromatic N) is 4. The van der Waals surface area contributed by atoms with Crippen molar-refractivity contribution >= 4 is 46.3 Å². The molecule has 36 heavy (non-hydrogen) atoms. The maximum Gasteiger partial charge on any atom is 0.302 e. The van der Waals surface area contributed by atoms with E-state index in [4.69, 9.17) is 9.47 Å². The van der Waals surface area contributed by atoms with Crippen LogP contribution < -0.4 is 10.2 Å². The average Bonchev–Trinajstić information content (AvgIpc) is 2.82. The van der Waals surface area contributed by atoms with Crippen molar-refractivity contribution < 1.29 is 28.8 Å². The summed E-state index contributed by atoms with van der Waals surface area (Å²) in [7, 11) is 0. The van der Waals surface area contributed by atoms with E-state index in [9.17, 15) is 24.5 Å². The van der Waals surface area contributed by atoms with E-state index in [1.807, 2.05) is 4.90 Å². The third kappa shape index (κ3) is 8.78. The lowest BCUT2D eigenvalue weighted by atomic mass is 10.2. The highest BCUT2D eigenvalue weighted by Crippen LogP contribution is 2.33. The fraction of sp³-hybridized carbons (Fsp3) is 0.375. The molecule has 0 fully saturated rings. The molecule has 2 aromatic rings. The van der Waals surface area contributed by atoms with Crippen LogP contribution in [0.15, 0.2) is 46.6 Å². The van der Waals surface area contributed by atoms with Gasteiger partial charge in [0.15, 0.2) is 0 Å². The van der Waals surface area contributed by atoms with Crippen LogP contribution in [-0.4, -0.2) is 49.1 Å². The molecule has 192 valence electrons. The first-order valence-corrected chi connectivity index (χ1v) is 11.2. The normalized spacial score (nSPS) is 10.7. The number of aryl methyl sites for hydroxylation is 1. The lowest BCUT2D eigenvalue weighted by molar-refractivity contribution is -0.384. The minimum absolute atomic E-state index is 0.0469. The number of nitro benzene ring substituents is 1. The lowest BCUT2D eigenvalue weighted by Gasteiger charge is -2.25. The molecule has 0 atom stereocenters. The number of hydrogen-bond donors (Lipinski definition) is 1. The van der Waals surface area contributed by atoms with Gasteiger partial charge in [-0.3, -0.25) is 24.5 Å². The van der Waals surface area contributed by atoms with E-state index in [1.165, 1.54) is 32.0 Å². The number of nitrogens with one attached hydrogen (secondary N) is 1. The van der Waals surface area contributed by atoms with Crippen molar-refractivity contribution in [2.75, 3.05) is 36.5 Å². The van der Waals surface area contributed by atoms with E-state index in [1.54, 1.807) is 32.0 Å². The quantitative estimate of drug-likeness (QED) is 0.192. The van der Waals surface area contributed by atoms with Crippen LogP contribution >= 0.6 is 0 Å². The Kier molecular flexibility index (Phi) is 10.5. The van der Waals surface area contributed by atoms with Gasteiger partial charge < -0.3 is 19.7 Å². The fourth-order valence-electron chi connectivity index (χ4n) is 3.09. The molecule has 0 spiro atoms. The summed E-state index contributed by atoms with van der Waals surface area (Å²) in [6.45, 7) is 6.91. The number of nitro groups is 1. The number of azo groups is 1. The molecule has 0 aliphatic rings. The van der Waals surface area contributed by atoms with Gasteiger partial charge in [-0.1, -0.05) is 6.92 Å². The number of esters is 2. The number of hydrogen-bond acceptors (Lipinski definition) is 10. The van der Waals surface area contributed by atoms with Crippen LogP contribution in [0.1, 0.15) is 32.8 Å². The number of amides is 1. The maximum absolute atomic E-state index is 12.2. The molecule has 2 rings (SSSR count). The van der Waals surface area contributed by atoms with Crippen molar-refractivity contribution in [2.24, 2.45) is 10.2 Å². The smallest absolute Gasteiger partial charge is 0.302 e. The third-order valence-electron chi connectivity index (χ3n) is 4.93. The second-order valence-electron chi connectivity index (χ2n) is 7.70. The minimum Gasteiger partial charge on any atom is -0.464 e. The van der Waals surface area contributed by atoms with Crippen LogP contribution in [0, 0.1) is 17.0 Å². The van der Waals surface area contributed by atoms with E-state index in [0.29, 0.717) is 41.4 Å². The summed E-state index contributed by atoms with van der Waals surface area (Å²) in [6, 6.07) is 9.36. The largest absolute Gasteiger partial charge is 0.464 e. The number of carbonyl (C=O) groups excluding carboxylic acids is 3. The molecule has 0 aromatic heterocycles. The summed E-state index contributed by atoms with van der Waals surface area (Å²) in [5.41, 5.74) is 2.42. The highest BCUT2D eigenvalue weighted by Gasteiger charge is 2.14. The molecule has 0 saturated heterocycles. The monoisotopic (exact) mass is 499 g/mol. The van der Waals surface area contributed by atoms with Gasteiger partial charge in [0.2, 0.25) is 5.91 Å². The summed E-state index contributed by atoms with van der Waals surface area (Å²) >= 11 is 0. The topological polar surface area (TPSA) is 153 Å². The number of non-ortho nitro benzene ring substituents is 1. The van der Waals surface area contributed by atoms with Gasteiger partial charge in [0, 0.05) is 38.1 Å². The standard InChI is InChI=1S/C24H29N5O7/c1-5-24(32)25-23-15-19(28(10-12-35-17(3)30)11-13-36-18(4)31)6-9-22(23)27-26-21-8-7-20(29(33)34)14-16(21)2/h6-9,14-15H,5,10-13H2,1-4H3,(H,25,32). The zero-order valence-corrected chi connectivity index (χ0v) is 20.6. The van der Waals surface area contributed by atoms with E-state index < -0.39 is 16.9 Å².